The van der Waals surface area contributed by atoms with Gasteiger partial charge in [-0.15, -0.1) is 0 Å². The molecule has 25 heteroatoms. The maximum absolute atomic E-state index is 14.7. The average Bonchev–Trinajstić information content (AvgIpc) is 3.34. The number of aromatic hydroxyl groups is 1. The number of likely N-dealkylation sites (N-methyl/N-ethyl adjacent to an activating group) is 2. The number of aliphatic carboxylic acids is 1. The molecule has 11 atom stereocenters. The fraction of sp³-hybridized carbons (Fsp3) is 0.597. The lowest BCUT2D eigenvalue weighted by atomic mass is 9.89. The van der Waals surface area contributed by atoms with E-state index >= 15 is 0 Å². The first-order chi connectivity index (χ1) is 41.1. The maximum Gasteiger partial charge on any atom is 0.305 e. The molecule has 10 amide bonds. The van der Waals surface area contributed by atoms with Crippen molar-refractivity contribution in [1.82, 2.24) is 51.5 Å². The first-order valence-electron chi connectivity index (χ1n) is 29.7. The van der Waals surface area contributed by atoms with Crippen LogP contribution in [0.15, 0.2) is 66.7 Å². The van der Waals surface area contributed by atoms with Gasteiger partial charge >= 0.3 is 5.97 Å². The highest BCUT2D eigenvalue weighted by molar-refractivity contribution is 6.13. The Balaban J connectivity index is 1.54. The van der Waals surface area contributed by atoms with Crippen LogP contribution in [0.1, 0.15) is 98.1 Å². The molecule has 0 aromatic heterocycles. The van der Waals surface area contributed by atoms with E-state index in [2.05, 4.69) is 31.9 Å². The molecule has 480 valence electrons. The molecular formula is C62H92N10O15. The van der Waals surface area contributed by atoms with E-state index in [-0.39, 0.29) is 86.5 Å². The number of phenols is 1. The number of amides is 10. The number of rotatable bonds is 35. The minimum absolute atomic E-state index is 0.0274. The topological polar surface area (TPSA) is 332 Å². The van der Waals surface area contributed by atoms with Crippen LogP contribution in [-0.2, 0) is 75.1 Å². The Morgan fingerprint density at radius 2 is 1.24 bits per heavy atom. The van der Waals surface area contributed by atoms with E-state index in [9.17, 15) is 63.0 Å². The van der Waals surface area contributed by atoms with E-state index in [4.69, 9.17) is 9.47 Å². The van der Waals surface area contributed by atoms with E-state index in [1.807, 2.05) is 60.5 Å². The number of ether oxygens (including phenoxy) is 2. The van der Waals surface area contributed by atoms with E-state index in [0.717, 1.165) is 17.1 Å². The SMILES string of the molecule is CC[C@H](C)[C@@H]([C@@H](CC(=O)N1CCC[C@H]1C(OC)[C@@H](C)C(=O)N[C@@H](Cc1ccccc1)C(=O)N[C@@H](Cc1ccc(O)cc1)C(=O)N[C@H](CC(=O)O)C(=O)NCCNC(=O)CCN1C(=O)C=CC1=O)OC)N(C)C(=O)[C@@H](NC(=O)[C@H](C(C)C)N(C)C)C(C)C. The minimum Gasteiger partial charge on any atom is -0.508 e. The zero-order valence-corrected chi connectivity index (χ0v) is 52.3. The lowest BCUT2D eigenvalue weighted by Gasteiger charge is -2.41. The van der Waals surface area contributed by atoms with Crippen molar-refractivity contribution in [2.75, 3.05) is 61.5 Å². The standard InChI is InChI=1S/C62H92N10O15/c1-13-38(6)55(70(10)62(85)53(36(2)3)68-61(84)54(37(4)5)69(8)9)47(86-11)35-51(77)71-30-17-20-46(71)56(87-12)39(7)57(80)65-43(32-40-18-15-14-16-19-40)59(82)66-44(33-41-21-23-42(73)24-22-41)60(83)67-45(34-52(78)79)58(81)64-29-28-63-48(74)27-31-72-49(75)25-26-50(72)76/h14-16,18-19,21-26,36-39,43-47,53-56,73H,13,17,20,27-35H2,1-12H3,(H,63,74)(H,64,81)(H,65,80)(H,66,82)(H,67,83)(H,68,84)(H,78,79)/t38-,39+,43-,44-,45+,46-,47+,53-,54-,55-,56?/m0/s1. The third-order valence-corrected chi connectivity index (χ3v) is 16.1. The largest absolute Gasteiger partial charge is 0.508 e. The second-order valence-corrected chi connectivity index (χ2v) is 23.4. The Morgan fingerprint density at radius 1 is 0.678 bits per heavy atom. The van der Waals surface area contributed by atoms with E-state index in [0.29, 0.717) is 36.9 Å². The van der Waals surface area contributed by atoms with Gasteiger partial charge in [-0.25, -0.2) is 0 Å². The van der Waals surface area contributed by atoms with Crippen LogP contribution in [0.3, 0.4) is 0 Å². The van der Waals surface area contributed by atoms with Crippen LogP contribution in [-0.4, -0.2) is 211 Å². The molecule has 0 spiro atoms. The number of carbonyl (C=O) groups is 11. The summed E-state index contributed by atoms with van der Waals surface area (Å²) < 4.78 is 12.1. The number of carbonyl (C=O) groups excluding carboxylic acids is 10. The highest BCUT2D eigenvalue weighted by atomic mass is 16.5. The fourth-order valence-corrected chi connectivity index (χ4v) is 11.2. The summed E-state index contributed by atoms with van der Waals surface area (Å²) in [6.07, 6.45) is 0.687. The van der Waals surface area contributed by atoms with Crippen LogP contribution in [0.2, 0.25) is 0 Å². The van der Waals surface area contributed by atoms with Crippen LogP contribution in [0.25, 0.3) is 0 Å². The third kappa shape index (κ3) is 21.0. The molecule has 0 bridgehead atoms. The summed E-state index contributed by atoms with van der Waals surface area (Å²) in [4.78, 5) is 154. The number of carboxylic acids is 1. The maximum atomic E-state index is 14.7. The van der Waals surface area contributed by atoms with Crippen molar-refractivity contribution in [3.63, 3.8) is 0 Å². The van der Waals surface area contributed by atoms with Gasteiger partial charge in [-0.3, -0.25) is 62.5 Å². The van der Waals surface area contributed by atoms with Gasteiger partial charge in [0, 0.05) is 78.9 Å². The first kappa shape index (κ1) is 71.7. The molecule has 4 rings (SSSR count). The van der Waals surface area contributed by atoms with E-state index in [1.54, 1.807) is 54.1 Å². The molecule has 1 unspecified atom stereocenters. The van der Waals surface area contributed by atoms with Gasteiger partial charge in [0.2, 0.25) is 47.3 Å². The molecule has 2 aromatic carbocycles. The third-order valence-electron chi connectivity index (χ3n) is 16.1. The lowest BCUT2D eigenvalue weighted by Crippen LogP contribution is -2.60. The van der Waals surface area contributed by atoms with Crippen molar-refractivity contribution in [3.05, 3.63) is 77.9 Å². The number of benzene rings is 2. The molecule has 2 heterocycles. The van der Waals surface area contributed by atoms with Crippen LogP contribution in [0, 0.1) is 23.7 Å². The van der Waals surface area contributed by atoms with Gasteiger partial charge in [0.05, 0.1) is 49.1 Å². The van der Waals surface area contributed by atoms with Crippen molar-refractivity contribution in [3.8, 4) is 5.75 Å². The second-order valence-electron chi connectivity index (χ2n) is 23.4. The summed E-state index contributed by atoms with van der Waals surface area (Å²) in [7, 11) is 8.23. The van der Waals surface area contributed by atoms with Crippen LogP contribution >= 0.6 is 0 Å². The zero-order valence-electron chi connectivity index (χ0n) is 52.3. The van der Waals surface area contributed by atoms with Crippen molar-refractivity contribution in [2.45, 2.75) is 154 Å². The molecule has 87 heavy (non-hydrogen) atoms. The van der Waals surface area contributed by atoms with Gasteiger partial charge in [0.15, 0.2) is 0 Å². The first-order valence-corrected chi connectivity index (χ1v) is 29.7. The van der Waals surface area contributed by atoms with Crippen LogP contribution < -0.4 is 31.9 Å². The number of hydrogen-bond donors (Lipinski definition) is 8. The molecule has 0 aliphatic carbocycles. The van der Waals surface area contributed by atoms with Crippen molar-refractivity contribution in [1.29, 1.82) is 0 Å². The van der Waals surface area contributed by atoms with Gasteiger partial charge < -0.3 is 61.4 Å². The number of phenolic OH excluding ortho intramolecular Hbond substituents is 1. The van der Waals surface area contributed by atoms with Crippen molar-refractivity contribution < 1.29 is 72.4 Å². The molecule has 2 aliphatic heterocycles. The van der Waals surface area contributed by atoms with Gasteiger partial charge in [-0.2, -0.15) is 0 Å². The quantitative estimate of drug-likeness (QED) is 0.0356. The molecule has 2 aromatic rings. The summed E-state index contributed by atoms with van der Waals surface area (Å²) in [5, 5.41) is 35.9. The van der Waals surface area contributed by atoms with E-state index in [1.165, 1.54) is 38.5 Å². The summed E-state index contributed by atoms with van der Waals surface area (Å²) >= 11 is 0. The van der Waals surface area contributed by atoms with Gasteiger partial charge in [-0.1, -0.05) is 97.4 Å². The second kappa shape index (κ2) is 34.5. The van der Waals surface area contributed by atoms with Gasteiger partial charge in [-0.05, 0) is 68.0 Å². The molecule has 8 N–H and O–H groups in total. The zero-order chi connectivity index (χ0) is 64.8. The summed E-state index contributed by atoms with van der Waals surface area (Å²) in [5.41, 5.74) is 1.08. The number of carboxylic acid groups (broad SMARTS) is 1. The summed E-state index contributed by atoms with van der Waals surface area (Å²) in [6.45, 7) is 13.0. The predicted octanol–water partition coefficient (Wildman–Crippen LogP) is 1.30. The number of hydrogen-bond acceptors (Lipinski definition) is 15. The number of nitrogens with zero attached hydrogens (tertiary/aromatic N) is 4. The van der Waals surface area contributed by atoms with Crippen molar-refractivity contribution >= 4 is 65.0 Å². The number of nitrogens with one attached hydrogen (secondary N) is 6. The van der Waals surface area contributed by atoms with Crippen LogP contribution in [0.4, 0.5) is 0 Å². The van der Waals surface area contributed by atoms with Crippen molar-refractivity contribution in [2.24, 2.45) is 23.7 Å². The molecular weight excluding hydrogens is 1120 g/mol. The molecule has 1 saturated heterocycles. The molecule has 25 nitrogen and oxygen atoms in total. The Hall–Kier alpha value is -7.77. The van der Waals surface area contributed by atoms with Gasteiger partial charge in [0.25, 0.3) is 11.8 Å². The Labute approximate surface area is 510 Å². The van der Waals surface area contributed by atoms with Gasteiger partial charge in [0.1, 0.15) is 29.9 Å². The Morgan fingerprint density at radius 3 is 1.77 bits per heavy atom. The number of likely N-dealkylation sites (tertiary alicyclic amines) is 1. The summed E-state index contributed by atoms with van der Waals surface area (Å²) in [5.74, 6) is -8.83. The number of imide groups is 1. The Kier molecular flexibility index (Phi) is 28.5. The highest BCUT2D eigenvalue weighted by Crippen LogP contribution is 2.30. The monoisotopic (exact) mass is 1220 g/mol. The summed E-state index contributed by atoms with van der Waals surface area (Å²) in [6, 6.07) is 7.44. The predicted molar refractivity (Wildman–Crippen MR) is 322 cm³/mol. The molecule has 2 aliphatic rings. The lowest BCUT2D eigenvalue weighted by molar-refractivity contribution is -0.148. The minimum atomic E-state index is -1.68. The highest BCUT2D eigenvalue weighted by Gasteiger charge is 2.44. The smallest absolute Gasteiger partial charge is 0.305 e. The fourth-order valence-electron chi connectivity index (χ4n) is 11.2. The normalized spacial score (nSPS) is 17.5. The average molecular weight is 1220 g/mol. The molecule has 0 saturated carbocycles. The Bertz CT molecular complexity index is 2700. The number of methoxy groups -OCH3 is 2. The van der Waals surface area contributed by atoms with Crippen LogP contribution in [0.5, 0.6) is 5.75 Å². The van der Waals surface area contributed by atoms with E-state index < -0.39 is 114 Å². The molecule has 1 fully saturated rings. The molecule has 0 radical (unpaired) electrons.